The molecule has 2 aromatic rings. The summed E-state index contributed by atoms with van der Waals surface area (Å²) in [7, 11) is 0. The van der Waals surface area contributed by atoms with E-state index in [-0.39, 0.29) is 7.21 Å². The third kappa shape index (κ3) is 2.03. The van der Waals surface area contributed by atoms with Crippen LogP contribution < -0.4 is 0 Å². The van der Waals surface area contributed by atoms with Crippen LogP contribution in [0.3, 0.4) is 0 Å². The fourth-order valence-corrected chi connectivity index (χ4v) is 1.79. The summed E-state index contributed by atoms with van der Waals surface area (Å²) in [6.07, 6.45) is 0.545. The minimum absolute atomic E-state index is 0. The third-order valence-electron chi connectivity index (χ3n) is 2.63. The van der Waals surface area contributed by atoms with E-state index >= 15 is 0 Å². The smallest absolute Gasteiger partial charge is 0.163 e. The number of hydrogen-bond donors (Lipinski definition) is 0. The van der Waals surface area contributed by atoms with Crippen molar-refractivity contribution in [1.82, 2.24) is 0 Å². The Labute approximate surface area is 97.2 Å². The van der Waals surface area contributed by atoms with E-state index in [1.807, 2.05) is 61.5 Å². The van der Waals surface area contributed by atoms with Crippen molar-refractivity contribution in [2.45, 2.75) is 13.3 Å². The van der Waals surface area contributed by atoms with E-state index in [4.69, 9.17) is 0 Å². The highest BCUT2D eigenvalue weighted by Gasteiger charge is 2.09. The van der Waals surface area contributed by atoms with Crippen LogP contribution in [0, 0.1) is 0 Å². The van der Waals surface area contributed by atoms with Crippen LogP contribution in [-0.2, 0) is 0 Å². The molecule has 16 heavy (non-hydrogen) atoms. The first-order valence-corrected chi connectivity index (χ1v) is 5.50. The summed E-state index contributed by atoms with van der Waals surface area (Å²) < 4.78 is 0. The first kappa shape index (κ1) is 10.6. The molecule has 0 heterocycles. The lowest BCUT2D eigenvalue weighted by Crippen LogP contribution is -1.99. The molecule has 1 nitrogen and oxygen atoms in total. The Hall–Kier alpha value is -1.89. The molecule has 2 aromatic carbocycles. The highest BCUT2D eigenvalue weighted by atomic mass is 16.1. The predicted molar refractivity (Wildman–Crippen MR) is 68.6 cm³/mol. The standard InChI is InChI=1S/C15H14O.H2/c1-2-15(16)14-11-7-6-10-13(14)12-8-4-3-5-9-12;/h3-11H,2H2,1H3;1H/i;1+1. The molecule has 0 atom stereocenters. The molecule has 0 aliphatic rings. The minimum Gasteiger partial charge on any atom is -0.294 e. The highest BCUT2D eigenvalue weighted by molar-refractivity contribution is 6.02. The maximum absolute atomic E-state index is 11.8. The second-order valence-corrected chi connectivity index (χ2v) is 3.69. The molecule has 0 saturated heterocycles. The molecule has 0 spiro atoms. The summed E-state index contributed by atoms with van der Waals surface area (Å²) in [5.41, 5.74) is 2.94. The van der Waals surface area contributed by atoms with Crippen LogP contribution in [0.4, 0.5) is 0 Å². The van der Waals surface area contributed by atoms with Crippen molar-refractivity contribution >= 4 is 5.78 Å². The first-order valence-electron chi connectivity index (χ1n) is 5.50. The van der Waals surface area contributed by atoms with Gasteiger partial charge < -0.3 is 0 Å². The molecule has 0 amide bonds. The Morgan fingerprint density at radius 3 is 2.31 bits per heavy atom. The highest BCUT2D eigenvalue weighted by Crippen LogP contribution is 2.24. The van der Waals surface area contributed by atoms with Gasteiger partial charge in [0.2, 0.25) is 0 Å². The normalized spacial score (nSPS) is 10.1. The van der Waals surface area contributed by atoms with Crippen LogP contribution in [0.15, 0.2) is 54.6 Å². The van der Waals surface area contributed by atoms with Crippen molar-refractivity contribution in [3.05, 3.63) is 60.2 Å². The van der Waals surface area contributed by atoms with E-state index in [2.05, 4.69) is 0 Å². The molecule has 0 radical (unpaired) electrons. The zero-order valence-corrected chi connectivity index (χ0v) is 9.31. The molecular weight excluding hydrogens is 196 g/mol. The molecule has 0 saturated carbocycles. The maximum atomic E-state index is 11.8. The van der Waals surface area contributed by atoms with E-state index in [1.165, 1.54) is 0 Å². The van der Waals surface area contributed by atoms with Crippen LogP contribution in [0.5, 0.6) is 0 Å². The number of carbonyl (C=O) groups excluding carboxylic acids is 1. The second kappa shape index (κ2) is 4.75. The minimum atomic E-state index is 0. The van der Waals surface area contributed by atoms with E-state index in [9.17, 15) is 4.79 Å². The fraction of sp³-hybridized carbons (Fsp3) is 0.133. The second-order valence-electron chi connectivity index (χ2n) is 3.69. The van der Waals surface area contributed by atoms with Gasteiger partial charge in [0.05, 0.1) is 0 Å². The molecule has 0 bridgehead atoms. The van der Waals surface area contributed by atoms with Gasteiger partial charge in [-0.1, -0.05) is 61.5 Å². The zero-order valence-electron chi connectivity index (χ0n) is 9.31. The molecule has 0 unspecified atom stereocenters. The van der Waals surface area contributed by atoms with Gasteiger partial charge in [-0.3, -0.25) is 4.79 Å². The molecule has 0 aliphatic carbocycles. The van der Waals surface area contributed by atoms with Gasteiger partial charge in [-0.15, -0.1) is 0 Å². The number of Topliss-reactive ketones (excluding diaryl/α,β-unsaturated/α-hetero) is 1. The summed E-state index contributed by atoms with van der Waals surface area (Å²) in [6.45, 7) is 1.89. The van der Waals surface area contributed by atoms with Gasteiger partial charge in [-0.05, 0) is 11.1 Å². The quantitative estimate of drug-likeness (QED) is 0.698. The van der Waals surface area contributed by atoms with Crippen molar-refractivity contribution in [3.63, 3.8) is 0 Å². The maximum Gasteiger partial charge on any atom is 0.163 e. The van der Waals surface area contributed by atoms with Crippen molar-refractivity contribution < 1.29 is 6.22 Å². The lowest BCUT2D eigenvalue weighted by atomic mass is 9.96. The van der Waals surface area contributed by atoms with Gasteiger partial charge in [-0.25, -0.2) is 0 Å². The molecule has 2 rings (SSSR count). The lowest BCUT2D eigenvalue weighted by Gasteiger charge is -2.07. The Morgan fingerprint density at radius 2 is 1.62 bits per heavy atom. The predicted octanol–water partition coefficient (Wildman–Crippen LogP) is 4.19. The average Bonchev–Trinajstić information content (AvgIpc) is 2.39. The third-order valence-corrected chi connectivity index (χ3v) is 2.63. The Kier molecular flexibility index (Phi) is 3.16. The Morgan fingerprint density at radius 1 is 1.00 bits per heavy atom. The monoisotopic (exact) mass is 213 g/mol. The number of rotatable bonds is 3. The molecule has 0 fully saturated rings. The van der Waals surface area contributed by atoms with Crippen molar-refractivity contribution in [1.29, 1.82) is 0 Å². The number of hydrogen-bond acceptors (Lipinski definition) is 1. The van der Waals surface area contributed by atoms with Crippen LogP contribution in [0.25, 0.3) is 11.1 Å². The lowest BCUT2D eigenvalue weighted by molar-refractivity contribution is 0.0989. The average molecular weight is 213 g/mol. The van der Waals surface area contributed by atoms with Gasteiger partial charge >= 0.3 is 0 Å². The molecule has 1 heteroatoms. The van der Waals surface area contributed by atoms with Crippen LogP contribution >= 0.6 is 0 Å². The number of ketones is 1. The zero-order chi connectivity index (χ0) is 11.4. The topological polar surface area (TPSA) is 17.1 Å². The van der Waals surface area contributed by atoms with E-state index < -0.39 is 0 Å². The van der Waals surface area contributed by atoms with Crippen LogP contribution in [0.2, 0.25) is 0 Å². The van der Waals surface area contributed by atoms with Gasteiger partial charge in [0.25, 0.3) is 0 Å². The van der Waals surface area contributed by atoms with E-state index in [0.29, 0.717) is 6.42 Å². The molecule has 0 aromatic heterocycles. The number of carbonyl (C=O) groups is 1. The summed E-state index contributed by atoms with van der Waals surface area (Å²) in [4.78, 5) is 11.8. The van der Waals surface area contributed by atoms with Gasteiger partial charge in [-0.2, -0.15) is 0 Å². The Balaban J connectivity index is 0.00000144. The molecule has 0 aliphatic heterocycles. The fourth-order valence-electron chi connectivity index (χ4n) is 1.79. The summed E-state index contributed by atoms with van der Waals surface area (Å²) in [5, 5.41) is 0. The SMILES string of the molecule is CCC(=O)c1ccccc1-c1ccccc1.[2HH]. The Bertz CT molecular complexity index is 491. The van der Waals surface area contributed by atoms with Crippen molar-refractivity contribution in [3.8, 4) is 11.1 Å². The van der Waals surface area contributed by atoms with Crippen molar-refractivity contribution in [2.75, 3.05) is 0 Å². The van der Waals surface area contributed by atoms with Gasteiger partial charge in [0.1, 0.15) is 0 Å². The largest absolute Gasteiger partial charge is 0.294 e. The molecular formula is C15H16O. The number of benzene rings is 2. The summed E-state index contributed by atoms with van der Waals surface area (Å²) in [5.74, 6) is 0.194. The van der Waals surface area contributed by atoms with Gasteiger partial charge in [0.15, 0.2) is 5.78 Å². The van der Waals surface area contributed by atoms with Crippen LogP contribution in [0.1, 0.15) is 25.1 Å². The van der Waals surface area contributed by atoms with E-state index in [0.717, 1.165) is 16.7 Å². The first-order chi connectivity index (χ1) is 7.83. The van der Waals surface area contributed by atoms with Gasteiger partial charge in [0, 0.05) is 13.4 Å². The summed E-state index contributed by atoms with van der Waals surface area (Å²) in [6, 6.07) is 17.8. The summed E-state index contributed by atoms with van der Waals surface area (Å²) >= 11 is 0. The molecule has 82 valence electrons. The van der Waals surface area contributed by atoms with Crippen molar-refractivity contribution in [2.24, 2.45) is 0 Å². The van der Waals surface area contributed by atoms with E-state index in [1.54, 1.807) is 0 Å². The van der Waals surface area contributed by atoms with Crippen LogP contribution in [-0.4, -0.2) is 5.78 Å². The molecule has 0 N–H and O–H groups in total.